The summed E-state index contributed by atoms with van der Waals surface area (Å²) in [5.41, 5.74) is 4.17. The Morgan fingerprint density at radius 3 is 2.26 bits per heavy atom. The molecule has 0 saturated carbocycles. The number of nitrogens with two attached hydrogens (primary N) is 1. The van der Waals surface area contributed by atoms with Crippen LogP contribution < -0.4 is 5.84 Å². The standard InChI is InChI=1S/C24H29N5OS/c1-24(2,3)20-12-10-18(11-13-20)21-26-27-23(29(21)25)31-16-17-6-8-19(9-7-17)22(30)28-14-4-5-15-28/h6-13H,4-5,14-16,25H2,1-3H3. The number of benzene rings is 2. The molecule has 162 valence electrons. The van der Waals surface area contributed by atoms with Crippen molar-refractivity contribution in [2.75, 3.05) is 18.9 Å². The molecule has 0 unspecified atom stereocenters. The van der Waals surface area contributed by atoms with E-state index in [1.165, 1.54) is 17.3 Å². The first-order valence-electron chi connectivity index (χ1n) is 10.7. The Hall–Kier alpha value is -2.80. The van der Waals surface area contributed by atoms with E-state index in [1.54, 1.807) is 4.68 Å². The molecule has 1 amide bonds. The third-order valence-corrected chi connectivity index (χ3v) is 6.65. The fraction of sp³-hybridized carbons (Fsp3) is 0.375. The molecule has 2 heterocycles. The van der Waals surface area contributed by atoms with Crippen molar-refractivity contribution >= 4 is 17.7 Å². The maximum atomic E-state index is 12.5. The molecule has 6 nitrogen and oxygen atoms in total. The number of nitrogen functional groups attached to an aromatic ring is 1. The van der Waals surface area contributed by atoms with E-state index in [0.29, 0.717) is 16.7 Å². The van der Waals surface area contributed by atoms with Crippen LogP contribution in [0.5, 0.6) is 0 Å². The number of rotatable bonds is 5. The summed E-state index contributed by atoms with van der Waals surface area (Å²) in [5, 5.41) is 9.21. The smallest absolute Gasteiger partial charge is 0.253 e. The number of likely N-dealkylation sites (tertiary alicyclic amines) is 1. The van der Waals surface area contributed by atoms with Gasteiger partial charge >= 0.3 is 0 Å². The van der Waals surface area contributed by atoms with E-state index in [1.807, 2.05) is 41.3 Å². The van der Waals surface area contributed by atoms with E-state index < -0.39 is 0 Å². The Morgan fingerprint density at radius 1 is 1.00 bits per heavy atom. The molecule has 1 aromatic heterocycles. The molecule has 1 fully saturated rings. The van der Waals surface area contributed by atoms with E-state index in [2.05, 4.69) is 43.1 Å². The van der Waals surface area contributed by atoms with Crippen LogP contribution in [-0.2, 0) is 11.2 Å². The van der Waals surface area contributed by atoms with Crippen LogP contribution >= 0.6 is 11.8 Å². The topological polar surface area (TPSA) is 77.0 Å². The van der Waals surface area contributed by atoms with E-state index in [9.17, 15) is 4.79 Å². The van der Waals surface area contributed by atoms with Crippen molar-refractivity contribution in [2.24, 2.45) is 0 Å². The largest absolute Gasteiger partial charge is 0.339 e. The van der Waals surface area contributed by atoms with Crippen LogP contribution in [0.4, 0.5) is 0 Å². The van der Waals surface area contributed by atoms with Gasteiger partial charge in [0.15, 0.2) is 5.82 Å². The van der Waals surface area contributed by atoms with Crippen LogP contribution in [0.3, 0.4) is 0 Å². The molecular formula is C24H29N5OS. The Bertz CT molecular complexity index is 1050. The van der Waals surface area contributed by atoms with Gasteiger partial charge in [-0.2, -0.15) is 0 Å². The second-order valence-electron chi connectivity index (χ2n) is 8.99. The van der Waals surface area contributed by atoms with Crippen LogP contribution in [0.1, 0.15) is 55.1 Å². The molecule has 2 N–H and O–H groups in total. The number of nitrogens with zero attached hydrogens (tertiary/aromatic N) is 4. The molecule has 4 rings (SSSR count). The van der Waals surface area contributed by atoms with Crippen LogP contribution in [0.25, 0.3) is 11.4 Å². The highest BCUT2D eigenvalue weighted by molar-refractivity contribution is 7.98. The first kappa shape index (κ1) is 21.4. The van der Waals surface area contributed by atoms with Crippen molar-refractivity contribution in [2.45, 2.75) is 49.9 Å². The molecule has 1 aliphatic heterocycles. The lowest BCUT2D eigenvalue weighted by molar-refractivity contribution is 0.0793. The first-order chi connectivity index (χ1) is 14.8. The van der Waals surface area contributed by atoms with Gasteiger partial charge in [0.2, 0.25) is 5.16 Å². The van der Waals surface area contributed by atoms with Crippen LogP contribution in [-0.4, -0.2) is 38.8 Å². The van der Waals surface area contributed by atoms with Gasteiger partial charge in [0, 0.05) is 30.0 Å². The zero-order chi connectivity index (χ0) is 22.0. The van der Waals surface area contributed by atoms with Gasteiger partial charge in [0.1, 0.15) is 0 Å². The SMILES string of the molecule is CC(C)(C)c1ccc(-c2nnc(SCc3ccc(C(=O)N4CCCC4)cc3)n2N)cc1. The summed E-state index contributed by atoms with van der Waals surface area (Å²) < 4.78 is 1.54. The second kappa shape index (κ2) is 8.75. The predicted octanol–water partition coefficient (Wildman–Crippen LogP) is 4.48. The summed E-state index contributed by atoms with van der Waals surface area (Å²) in [6, 6.07) is 16.1. The third kappa shape index (κ3) is 4.77. The summed E-state index contributed by atoms with van der Waals surface area (Å²) in [7, 11) is 0. The number of aromatic nitrogens is 3. The lowest BCUT2D eigenvalue weighted by atomic mass is 9.87. The molecule has 0 bridgehead atoms. The maximum Gasteiger partial charge on any atom is 0.253 e. The fourth-order valence-electron chi connectivity index (χ4n) is 3.69. The van der Waals surface area contributed by atoms with Gasteiger partial charge in [-0.3, -0.25) is 4.79 Å². The summed E-state index contributed by atoms with van der Waals surface area (Å²) in [6.45, 7) is 8.30. The van der Waals surface area contributed by atoms with Crippen molar-refractivity contribution in [1.29, 1.82) is 0 Å². The Kier molecular flexibility index (Phi) is 6.05. The van der Waals surface area contributed by atoms with Crippen molar-refractivity contribution in [3.63, 3.8) is 0 Å². The Morgan fingerprint density at radius 2 is 1.65 bits per heavy atom. The molecule has 0 spiro atoms. The maximum absolute atomic E-state index is 12.5. The zero-order valence-corrected chi connectivity index (χ0v) is 19.2. The van der Waals surface area contributed by atoms with E-state index >= 15 is 0 Å². The van der Waals surface area contributed by atoms with Crippen molar-refractivity contribution < 1.29 is 4.79 Å². The average Bonchev–Trinajstić information content (AvgIpc) is 3.42. The lowest BCUT2D eigenvalue weighted by Crippen LogP contribution is -2.27. The third-order valence-electron chi connectivity index (χ3n) is 5.64. The van der Waals surface area contributed by atoms with Crippen LogP contribution in [0.15, 0.2) is 53.7 Å². The second-order valence-corrected chi connectivity index (χ2v) is 9.93. The van der Waals surface area contributed by atoms with Gasteiger partial charge in [0.25, 0.3) is 5.91 Å². The molecule has 0 aliphatic carbocycles. The predicted molar refractivity (Wildman–Crippen MR) is 125 cm³/mol. The van der Waals surface area contributed by atoms with Gasteiger partial charge in [-0.1, -0.05) is 68.9 Å². The summed E-state index contributed by atoms with van der Waals surface area (Å²) in [6.07, 6.45) is 2.20. The van der Waals surface area contributed by atoms with Crippen LogP contribution in [0.2, 0.25) is 0 Å². The monoisotopic (exact) mass is 435 g/mol. The number of thioether (sulfide) groups is 1. The van der Waals surface area contributed by atoms with Crippen molar-refractivity contribution in [1.82, 2.24) is 19.8 Å². The molecular weight excluding hydrogens is 406 g/mol. The number of hydrogen-bond acceptors (Lipinski definition) is 5. The summed E-state index contributed by atoms with van der Waals surface area (Å²) in [5.74, 6) is 7.76. The van der Waals surface area contributed by atoms with Gasteiger partial charge in [-0.15, -0.1) is 10.2 Å². The van der Waals surface area contributed by atoms with Crippen LogP contribution in [0, 0.1) is 0 Å². The molecule has 1 aliphatic rings. The summed E-state index contributed by atoms with van der Waals surface area (Å²) in [4.78, 5) is 14.4. The molecule has 7 heteroatoms. The molecule has 3 aromatic rings. The van der Waals surface area contributed by atoms with Crippen molar-refractivity contribution in [3.05, 3.63) is 65.2 Å². The summed E-state index contributed by atoms with van der Waals surface area (Å²) >= 11 is 1.53. The highest BCUT2D eigenvalue weighted by Gasteiger charge is 2.19. The minimum absolute atomic E-state index is 0.102. The van der Waals surface area contributed by atoms with Gasteiger partial charge in [0.05, 0.1) is 0 Å². The van der Waals surface area contributed by atoms with Gasteiger partial charge < -0.3 is 10.7 Å². The molecule has 0 atom stereocenters. The molecule has 2 aromatic carbocycles. The highest BCUT2D eigenvalue weighted by atomic mass is 32.2. The van der Waals surface area contributed by atoms with Crippen molar-refractivity contribution in [3.8, 4) is 11.4 Å². The van der Waals surface area contributed by atoms with Gasteiger partial charge in [-0.25, -0.2) is 4.68 Å². The number of carbonyl (C=O) groups excluding carboxylic acids is 1. The Balaban J connectivity index is 1.40. The minimum Gasteiger partial charge on any atom is -0.339 e. The Labute approximate surface area is 187 Å². The molecule has 1 saturated heterocycles. The highest BCUT2D eigenvalue weighted by Crippen LogP contribution is 2.27. The molecule has 0 radical (unpaired) electrons. The zero-order valence-electron chi connectivity index (χ0n) is 18.3. The lowest BCUT2D eigenvalue weighted by Gasteiger charge is -2.19. The first-order valence-corrected chi connectivity index (χ1v) is 11.6. The van der Waals surface area contributed by atoms with E-state index in [0.717, 1.165) is 42.6 Å². The minimum atomic E-state index is 0.102. The van der Waals surface area contributed by atoms with E-state index in [4.69, 9.17) is 5.84 Å². The number of amides is 1. The normalized spacial score (nSPS) is 14.2. The fourth-order valence-corrected chi connectivity index (χ4v) is 4.50. The average molecular weight is 436 g/mol. The molecule has 31 heavy (non-hydrogen) atoms. The quantitative estimate of drug-likeness (QED) is 0.472. The number of hydrogen-bond donors (Lipinski definition) is 1. The number of carbonyl (C=O) groups is 1. The van der Waals surface area contributed by atoms with Gasteiger partial charge in [-0.05, 0) is 41.5 Å². The van der Waals surface area contributed by atoms with E-state index in [-0.39, 0.29) is 11.3 Å².